The molecular formula is C11H10BrN3O. The van der Waals surface area contributed by atoms with Gasteiger partial charge < -0.3 is 5.32 Å². The number of halogens is 1. The van der Waals surface area contributed by atoms with E-state index < -0.39 is 0 Å². The van der Waals surface area contributed by atoms with E-state index >= 15 is 0 Å². The Labute approximate surface area is 100 Å². The van der Waals surface area contributed by atoms with Gasteiger partial charge in [-0.2, -0.15) is 0 Å². The summed E-state index contributed by atoms with van der Waals surface area (Å²) < 4.78 is 2.56. The summed E-state index contributed by atoms with van der Waals surface area (Å²) >= 11 is 3.40. The van der Waals surface area contributed by atoms with Gasteiger partial charge >= 0.3 is 0 Å². The fraction of sp³-hybridized carbons (Fsp3) is 0.182. The summed E-state index contributed by atoms with van der Waals surface area (Å²) in [5.74, 6) is 0. The predicted molar refractivity (Wildman–Crippen MR) is 64.6 cm³/mol. The van der Waals surface area contributed by atoms with E-state index in [-0.39, 0.29) is 5.56 Å². The number of aromatic nitrogens is 2. The molecule has 0 atom stereocenters. The zero-order valence-corrected chi connectivity index (χ0v) is 10.0. The van der Waals surface area contributed by atoms with Gasteiger partial charge in [0.1, 0.15) is 0 Å². The van der Waals surface area contributed by atoms with Gasteiger partial charge in [0.2, 0.25) is 0 Å². The first-order valence-electron chi connectivity index (χ1n) is 5.05. The quantitative estimate of drug-likeness (QED) is 0.832. The molecule has 0 saturated carbocycles. The number of nitrogens with one attached hydrogen (secondary N) is 2. The SMILES string of the molecule is O=c1c2c([nH]n1-c1cccc(Br)c1)CNC2. The number of hydrogen-bond acceptors (Lipinski definition) is 2. The van der Waals surface area contributed by atoms with Gasteiger partial charge in [-0.1, -0.05) is 22.0 Å². The Morgan fingerprint density at radius 3 is 2.94 bits per heavy atom. The lowest BCUT2D eigenvalue weighted by molar-refractivity contribution is 0.710. The van der Waals surface area contributed by atoms with Gasteiger partial charge in [0, 0.05) is 17.6 Å². The molecule has 0 radical (unpaired) electrons. The van der Waals surface area contributed by atoms with Gasteiger partial charge in [-0.25, -0.2) is 4.68 Å². The van der Waals surface area contributed by atoms with E-state index in [2.05, 4.69) is 26.3 Å². The van der Waals surface area contributed by atoms with Gasteiger partial charge in [0.25, 0.3) is 5.56 Å². The lowest BCUT2D eigenvalue weighted by atomic mass is 10.3. The van der Waals surface area contributed by atoms with Crippen molar-refractivity contribution in [3.8, 4) is 5.69 Å². The van der Waals surface area contributed by atoms with Crippen LogP contribution in [0.4, 0.5) is 0 Å². The van der Waals surface area contributed by atoms with E-state index in [0.29, 0.717) is 6.54 Å². The minimum Gasteiger partial charge on any atom is -0.307 e. The summed E-state index contributed by atoms with van der Waals surface area (Å²) in [6.07, 6.45) is 0. The lowest BCUT2D eigenvalue weighted by Gasteiger charge is -2.02. The molecule has 0 fully saturated rings. The molecule has 1 aromatic carbocycles. The molecule has 5 heteroatoms. The monoisotopic (exact) mass is 279 g/mol. The smallest absolute Gasteiger partial charge is 0.276 e. The molecule has 1 aliphatic rings. The maximum atomic E-state index is 12.0. The van der Waals surface area contributed by atoms with E-state index in [1.54, 1.807) is 4.68 Å². The van der Waals surface area contributed by atoms with E-state index in [0.717, 1.165) is 28.0 Å². The fourth-order valence-electron chi connectivity index (χ4n) is 1.96. The molecule has 0 amide bonds. The number of fused-ring (bicyclic) bond motifs is 1. The van der Waals surface area contributed by atoms with E-state index in [1.807, 2.05) is 24.3 Å². The maximum absolute atomic E-state index is 12.0. The molecule has 1 aliphatic heterocycles. The summed E-state index contributed by atoms with van der Waals surface area (Å²) in [7, 11) is 0. The van der Waals surface area contributed by atoms with Crippen LogP contribution in [0.3, 0.4) is 0 Å². The third-order valence-electron chi connectivity index (χ3n) is 2.74. The van der Waals surface area contributed by atoms with Crippen molar-refractivity contribution in [2.75, 3.05) is 0 Å². The molecule has 16 heavy (non-hydrogen) atoms. The van der Waals surface area contributed by atoms with Crippen LogP contribution in [0.15, 0.2) is 33.5 Å². The summed E-state index contributed by atoms with van der Waals surface area (Å²) in [5, 5.41) is 6.27. The van der Waals surface area contributed by atoms with Crippen molar-refractivity contribution < 1.29 is 0 Å². The van der Waals surface area contributed by atoms with Crippen molar-refractivity contribution in [3.05, 3.63) is 50.3 Å². The number of hydrogen-bond donors (Lipinski definition) is 2. The van der Waals surface area contributed by atoms with Gasteiger partial charge in [-0.15, -0.1) is 0 Å². The van der Waals surface area contributed by atoms with Crippen molar-refractivity contribution >= 4 is 15.9 Å². The third kappa shape index (κ3) is 1.44. The lowest BCUT2D eigenvalue weighted by Crippen LogP contribution is -2.19. The molecule has 0 spiro atoms. The Hall–Kier alpha value is -1.33. The summed E-state index contributed by atoms with van der Waals surface area (Å²) in [6.45, 7) is 1.40. The molecule has 2 heterocycles. The predicted octanol–water partition coefficient (Wildman–Crippen LogP) is 1.53. The highest BCUT2D eigenvalue weighted by Gasteiger charge is 2.19. The average molecular weight is 280 g/mol. The Kier molecular flexibility index (Phi) is 2.22. The highest BCUT2D eigenvalue weighted by Crippen LogP contribution is 2.15. The van der Waals surface area contributed by atoms with E-state index in [4.69, 9.17) is 0 Å². The molecule has 82 valence electrons. The van der Waals surface area contributed by atoms with Crippen LogP contribution in [0, 0.1) is 0 Å². The Balaban J connectivity index is 2.18. The maximum Gasteiger partial charge on any atom is 0.276 e. The molecule has 0 aliphatic carbocycles. The largest absolute Gasteiger partial charge is 0.307 e. The number of aromatic amines is 1. The number of benzene rings is 1. The molecule has 3 rings (SSSR count). The van der Waals surface area contributed by atoms with Crippen molar-refractivity contribution in [2.24, 2.45) is 0 Å². The minimum absolute atomic E-state index is 0.0399. The van der Waals surface area contributed by atoms with Crippen LogP contribution in [0.25, 0.3) is 5.69 Å². The number of H-pyrrole nitrogens is 1. The van der Waals surface area contributed by atoms with Crippen LogP contribution in [0.5, 0.6) is 0 Å². The van der Waals surface area contributed by atoms with Crippen LogP contribution >= 0.6 is 15.9 Å². The summed E-state index contributed by atoms with van der Waals surface area (Å²) in [6, 6.07) is 7.68. The highest BCUT2D eigenvalue weighted by atomic mass is 79.9. The van der Waals surface area contributed by atoms with E-state index in [1.165, 1.54) is 0 Å². The van der Waals surface area contributed by atoms with Crippen molar-refractivity contribution in [1.29, 1.82) is 0 Å². The Bertz CT molecular complexity index is 600. The average Bonchev–Trinajstić information content (AvgIpc) is 2.82. The second kappa shape index (κ2) is 3.61. The molecule has 1 aromatic heterocycles. The van der Waals surface area contributed by atoms with Gasteiger partial charge in [0.15, 0.2) is 0 Å². The molecule has 2 aromatic rings. The second-order valence-corrected chi connectivity index (χ2v) is 4.71. The molecular weight excluding hydrogens is 270 g/mol. The van der Waals surface area contributed by atoms with Crippen molar-refractivity contribution in [1.82, 2.24) is 15.1 Å². The Morgan fingerprint density at radius 1 is 1.31 bits per heavy atom. The first kappa shape index (κ1) is 9.86. The van der Waals surface area contributed by atoms with Gasteiger partial charge in [-0.3, -0.25) is 9.89 Å². The first-order valence-corrected chi connectivity index (χ1v) is 5.84. The van der Waals surface area contributed by atoms with Gasteiger partial charge in [0.05, 0.1) is 16.9 Å². The van der Waals surface area contributed by atoms with E-state index in [9.17, 15) is 4.79 Å². The molecule has 4 nitrogen and oxygen atoms in total. The van der Waals surface area contributed by atoms with Crippen LogP contribution < -0.4 is 10.9 Å². The van der Waals surface area contributed by atoms with Crippen LogP contribution in [-0.4, -0.2) is 9.78 Å². The van der Waals surface area contributed by atoms with Crippen molar-refractivity contribution in [2.45, 2.75) is 13.1 Å². The molecule has 0 saturated heterocycles. The minimum atomic E-state index is 0.0399. The topological polar surface area (TPSA) is 49.8 Å². The normalized spacial score (nSPS) is 14.1. The molecule has 2 N–H and O–H groups in total. The highest BCUT2D eigenvalue weighted by molar-refractivity contribution is 9.10. The number of nitrogens with zero attached hydrogens (tertiary/aromatic N) is 1. The van der Waals surface area contributed by atoms with Gasteiger partial charge in [-0.05, 0) is 18.2 Å². The molecule has 0 bridgehead atoms. The third-order valence-corrected chi connectivity index (χ3v) is 3.24. The first-order chi connectivity index (χ1) is 7.75. The molecule has 0 unspecified atom stereocenters. The summed E-state index contributed by atoms with van der Waals surface area (Å²) in [5.41, 5.74) is 2.73. The van der Waals surface area contributed by atoms with Crippen LogP contribution in [0.2, 0.25) is 0 Å². The standard InChI is InChI=1S/C11H10BrN3O/c12-7-2-1-3-8(4-7)15-11(16)9-5-13-6-10(9)14-15/h1-4,13-14H,5-6H2. The van der Waals surface area contributed by atoms with Crippen molar-refractivity contribution in [3.63, 3.8) is 0 Å². The Morgan fingerprint density at radius 2 is 2.19 bits per heavy atom. The fourth-order valence-corrected chi connectivity index (χ4v) is 2.34. The van der Waals surface area contributed by atoms with Crippen LogP contribution in [-0.2, 0) is 13.1 Å². The zero-order chi connectivity index (χ0) is 11.1. The van der Waals surface area contributed by atoms with Crippen LogP contribution in [0.1, 0.15) is 11.3 Å². The zero-order valence-electron chi connectivity index (χ0n) is 8.46. The second-order valence-electron chi connectivity index (χ2n) is 3.79. The number of rotatable bonds is 1. The summed E-state index contributed by atoms with van der Waals surface area (Å²) in [4.78, 5) is 12.0.